The van der Waals surface area contributed by atoms with Gasteiger partial charge in [0.1, 0.15) is 12.7 Å². The molecule has 0 aliphatic carbocycles. The van der Waals surface area contributed by atoms with E-state index in [1.807, 2.05) is 0 Å². The third-order valence-electron chi connectivity index (χ3n) is 3.48. The smallest absolute Gasteiger partial charge is 0.303 e. The van der Waals surface area contributed by atoms with E-state index in [2.05, 4.69) is 10.0 Å². The van der Waals surface area contributed by atoms with Gasteiger partial charge in [0.25, 0.3) is 0 Å². The van der Waals surface area contributed by atoms with E-state index in [0.29, 0.717) is 0 Å². The highest BCUT2D eigenvalue weighted by atomic mass is 16.7. The van der Waals surface area contributed by atoms with Crippen molar-refractivity contribution in [3.63, 3.8) is 0 Å². The highest BCUT2D eigenvalue weighted by molar-refractivity contribution is 5.68. The minimum absolute atomic E-state index is 0.0522. The molecule has 0 aromatic rings. The van der Waals surface area contributed by atoms with Crippen molar-refractivity contribution in [1.29, 1.82) is 0 Å². The number of rotatable bonds is 9. The molecular formula is C16H23N3O10. The van der Waals surface area contributed by atoms with E-state index in [0.717, 1.165) is 20.8 Å². The molecule has 13 heteroatoms. The first-order chi connectivity index (χ1) is 13.6. The van der Waals surface area contributed by atoms with Gasteiger partial charge in [-0.1, -0.05) is 5.11 Å². The highest BCUT2D eigenvalue weighted by Gasteiger charge is 2.52. The molecule has 1 aliphatic heterocycles. The van der Waals surface area contributed by atoms with E-state index in [4.69, 9.17) is 34.0 Å². The van der Waals surface area contributed by atoms with Gasteiger partial charge in [0.15, 0.2) is 24.6 Å². The van der Waals surface area contributed by atoms with E-state index in [1.165, 1.54) is 6.92 Å². The maximum absolute atomic E-state index is 11.6. The molecule has 1 aliphatic rings. The fourth-order valence-corrected chi connectivity index (χ4v) is 2.58. The van der Waals surface area contributed by atoms with E-state index in [-0.39, 0.29) is 19.8 Å². The summed E-state index contributed by atoms with van der Waals surface area (Å²) >= 11 is 0. The van der Waals surface area contributed by atoms with Crippen molar-refractivity contribution in [3.8, 4) is 0 Å². The molecule has 0 bridgehead atoms. The summed E-state index contributed by atoms with van der Waals surface area (Å²) < 4.78 is 31.7. The Labute approximate surface area is 166 Å². The van der Waals surface area contributed by atoms with Gasteiger partial charge >= 0.3 is 23.9 Å². The second-order valence-corrected chi connectivity index (χ2v) is 5.89. The lowest BCUT2D eigenvalue weighted by Crippen LogP contribution is -2.63. The second-order valence-electron chi connectivity index (χ2n) is 5.89. The molecule has 29 heavy (non-hydrogen) atoms. The molecule has 162 valence electrons. The molecule has 1 rings (SSSR count). The Morgan fingerprint density at radius 1 is 0.897 bits per heavy atom. The molecule has 1 heterocycles. The summed E-state index contributed by atoms with van der Waals surface area (Å²) in [5.74, 6) is -2.83. The average molecular weight is 417 g/mol. The van der Waals surface area contributed by atoms with Crippen LogP contribution < -0.4 is 0 Å². The van der Waals surface area contributed by atoms with Crippen LogP contribution in [0.25, 0.3) is 10.4 Å². The van der Waals surface area contributed by atoms with E-state index >= 15 is 0 Å². The van der Waals surface area contributed by atoms with Crippen molar-refractivity contribution < 1.29 is 47.6 Å². The minimum Gasteiger partial charge on any atom is -0.463 e. The molecule has 13 nitrogen and oxygen atoms in total. The fourth-order valence-electron chi connectivity index (χ4n) is 2.58. The van der Waals surface area contributed by atoms with Gasteiger partial charge in [0.2, 0.25) is 0 Å². The fraction of sp³-hybridized carbons (Fsp3) is 0.750. The van der Waals surface area contributed by atoms with Crippen LogP contribution in [0.4, 0.5) is 0 Å². The van der Waals surface area contributed by atoms with Crippen molar-refractivity contribution in [1.82, 2.24) is 0 Å². The molecule has 1 fully saturated rings. The van der Waals surface area contributed by atoms with Crippen molar-refractivity contribution in [2.45, 2.75) is 58.4 Å². The molecule has 1 saturated heterocycles. The largest absolute Gasteiger partial charge is 0.463 e. The first kappa shape index (κ1) is 24.1. The van der Waals surface area contributed by atoms with Crippen LogP contribution in [0.2, 0.25) is 0 Å². The molecule has 3 unspecified atom stereocenters. The Morgan fingerprint density at radius 3 is 1.97 bits per heavy atom. The van der Waals surface area contributed by atoms with Crippen molar-refractivity contribution in [3.05, 3.63) is 10.4 Å². The Bertz CT molecular complexity index is 663. The van der Waals surface area contributed by atoms with Gasteiger partial charge in [0, 0.05) is 39.2 Å². The number of azide groups is 1. The quantitative estimate of drug-likeness (QED) is 0.128. The number of carbonyl (C=O) groups is 4. The van der Waals surface area contributed by atoms with Gasteiger partial charge in [-0.15, -0.1) is 0 Å². The number of esters is 4. The van der Waals surface area contributed by atoms with Crippen molar-refractivity contribution in [2.24, 2.45) is 5.11 Å². The number of hydrogen-bond acceptors (Lipinski definition) is 11. The summed E-state index contributed by atoms with van der Waals surface area (Å²) in [4.78, 5) is 48.5. The van der Waals surface area contributed by atoms with Gasteiger partial charge in [-0.05, 0) is 5.53 Å². The zero-order valence-corrected chi connectivity index (χ0v) is 16.4. The molecule has 0 radical (unpaired) electrons. The van der Waals surface area contributed by atoms with Gasteiger partial charge < -0.3 is 28.4 Å². The zero-order valence-electron chi connectivity index (χ0n) is 16.4. The predicted octanol–water partition coefficient (Wildman–Crippen LogP) is 0.396. The molecular weight excluding hydrogens is 394 g/mol. The minimum atomic E-state index is -1.31. The number of carbonyl (C=O) groups excluding carboxylic acids is 4. The lowest BCUT2D eigenvalue weighted by Gasteiger charge is -2.44. The lowest BCUT2D eigenvalue weighted by atomic mass is 9.98. The summed E-state index contributed by atoms with van der Waals surface area (Å²) in [6, 6.07) is 0. The van der Waals surface area contributed by atoms with Crippen LogP contribution in [0, 0.1) is 0 Å². The first-order valence-electron chi connectivity index (χ1n) is 8.58. The van der Waals surface area contributed by atoms with Gasteiger partial charge in [-0.2, -0.15) is 0 Å². The van der Waals surface area contributed by atoms with E-state index in [9.17, 15) is 19.2 Å². The summed E-state index contributed by atoms with van der Waals surface area (Å²) in [5.41, 5.74) is 8.35. The van der Waals surface area contributed by atoms with Crippen LogP contribution in [0.3, 0.4) is 0 Å². The standard InChI is InChI=1S/C16H23N3O10/c1-8(20)25-7-12-13(26-9(2)21)14(27-10(3)22)15(28-11(4)23)16(29-12)24-6-5-18-19-17/h12-16H,5-7H2,1-4H3/t12?,13-,14?,15?,16-/m0/s1. The van der Waals surface area contributed by atoms with Crippen LogP contribution in [-0.4, -0.2) is 74.3 Å². The Morgan fingerprint density at radius 2 is 1.45 bits per heavy atom. The van der Waals surface area contributed by atoms with Gasteiger partial charge in [-0.3, -0.25) is 19.2 Å². The summed E-state index contributed by atoms with van der Waals surface area (Å²) in [5, 5.41) is 3.31. The summed E-state index contributed by atoms with van der Waals surface area (Å²) in [6.45, 7) is 4.01. The molecule has 0 aromatic heterocycles. The van der Waals surface area contributed by atoms with Crippen LogP contribution in [0.15, 0.2) is 5.11 Å². The normalized spacial score (nSPS) is 25.9. The predicted molar refractivity (Wildman–Crippen MR) is 91.9 cm³/mol. The van der Waals surface area contributed by atoms with Crippen LogP contribution in [0.5, 0.6) is 0 Å². The number of hydrogen-bond donors (Lipinski definition) is 0. The molecule has 0 amide bonds. The third-order valence-corrected chi connectivity index (χ3v) is 3.48. The SMILES string of the molecule is CC(=O)OCC1O[C@H](OCCN=[N+]=[N-])C(OC(C)=O)C(OC(C)=O)[C@H]1OC(C)=O. The average Bonchev–Trinajstić information content (AvgIpc) is 2.60. The topological polar surface area (TPSA) is 172 Å². The number of nitrogens with zero attached hydrogens (tertiary/aromatic N) is 3. The highest BCUT2D eigenvalue weighted by Crippen LogP contribution is 2.29. The number of ether oxygens (including phenoxy) is 6. The van der Waals surface area contributed by atoms with E-state index in [1.54, 1.807) is 0 Å². The molecule has 5 atom stereocenters. The molecule has 0 spiro atoms. The third kappa shape index (κ3) is 8.34. The van der Waals surface area contributed by atoms with Gasteiger partial charge in [0.05, 0.1) is 6.61 Å². The van der Waals surface area contributed by atoms with E-state index < -0.39 is 54.6 Å². The van der Waals surface area contributed by atoms with Crippen LogP contribution >= 0.6 is 0 Å². The Kier molecular flexibility index (Phi) is 9.86. The van der Waals surface area contributed by atoms with Crippen LogP contribution in [0.1, 0.15) is 27.7 Å². The summed E-state index contributed by atoms with van der Waals surface area (Å²) in [7, 11) is 0. The summed E-state index contributed by atoms with van der Waals surface area (Å²) in [6.07, 6.45) is -6.25. The Hall–Kier alpha value is -2.89. The monoisotopic (exact) mass is 417 g/mol. The first-order valence-corrected chi connectivity index (χ1v) is 8.58. The van der Waals surface area contributed by atoms with Crippen molar-refractivity contribution in [2.75, 3.05) is 19.8 Å². The Balaban J connectivity index is 3.22. The maximum Gasteiger partial charge on any atom is 0.303 e. The second kappa shape index (κ2) is 11.8. The molecule has 0 saturated carbocycles. The van der Waals surface area contributed by atoms with Gasteiger partial charge in [-0.25, -0.2) is 0 Å². The molecule has 0 N–H and O–H groups in total. The lowest BCUT2D eigenvalue weighted by molar-refractivity contribution is -0.307. The maximum atomic E-state index is 11.6. The van der Waals surface area contributed by atoms with Crippen LogP contribution in [-0.2, 0) is 47.6 Å². The zero-order chi connectivity index (χ0) is 22.0. The van der Waals surface area contributed by atoms with Crippen molar-refractivity contribution >= 4 is 23.9 Å². The molecule has 0 aromatic carbocycles.